The van der Waals surface area contributed by atoms with Crippen LogP contribution in [0.4, 0.5) is 0 Å². The van der Waals surface area contributed by atoms with Crippen LogP contribution in [0.2, 0.25) is 0 Å². The van der Waals surface area contributed by atoms with Gasteiger partial charge in [-0.1, -0.05) is 0 Å². The molecule has 0 spiro atoms. The molecule has 0 bridgehead atoms. The van der Waals surface area contributed by atoms with Crippen molar-refractivity contribution in [2.45, 2.75) is 0 Å². The summed E-state index contributed by atoms with van der Waals surface area (Å²) in [6.07, 6.45) is 4.06. The van der Waals surface area contributed by atoms with E-state index in [0.717, 1.165) is 0 Å². The quantitative estimate of drug-likeness (QED) is 0.756. The molecule has 0 saturated heterocycles. The van der Waals surface area contributed by atoms with Crippen LogP contribution in [0.3, 0.4) is 0 Å². The molecule has 2 heterocycles. The van der Waals surface area contributed by atoms with Crippen LogP contribution < -0.4 is 0 Å². The van der Waals surface area contributed by atoms with Crippen LogP contribution in [0.1, 0.15) is 10.6 Å². The standard InChI is InChI=1S/C8H5N3O3/c12-8(13)7-10-2-1-5(11-7)6-3-9-4-14-6/h1-4H,(H,12,13). The zero-order valence-electron chi connectivity index (χ0n) is 6.91. The second-order valence-electron chi connectivity index (χ2n) is 2.44. The highest BCUT2D eigenvalue weighted by molar-refractivity contribution is 5.83. The predicted octanol–water partition coefficient (Wildman–Crippen LogP) is 0.830. The normalized spacial score (nSPS) is 10.0. The highest BCUT2D eigenvalue weighted by Crippen LogP contribution is 2.14. The summed E-state index contributed by atoms with van der Waals surface area (Å²) in [5, 5.41) is 8.64. The summed E-state index contributed by atoms with van der Waals surface area (Å²) in [5.74, 6) is -1.03. The second kappa shape index (κ2) is 3.25. The van der Waals surface area contributed by atoms with Gasteiger partial charge in [-0.2, -0.15) is 0 Å². The Morgan fingerprint density at radius 2 is 2.36 bits per heavy atom. The molecule has 0 radical (unpaired) electrons. The first kappa shape index (κ1) is 8.36. The van der Waals surface area contributed by atoms with Crippen molar-refractivity contribution in [3.63, 3.8) is 0 Å². The largest absolute Gasteiger partial charge is 0.475 e. The van der Waals surface area contributed by atoms with Gasteiger partial charge in [-0.3, -0.25) is 0 Å². The number of aromatic nitrogens is 3. The molecule has 1 N–H and O–H groups in total. The van der Waals surface area contributed by atoms with Gasteiger partial charge in [0, 0.05) is 6.20 Å². The molecule has 0 saturated carbocycles. The van der Waals surface area contributed by atoms with Crippen LogP contribution in [-0.2, 0) is 0 Å². The number of carbonyl (C=O) groups is 1. The lowest BCUT2D eigenvalue weighted by molar-refractivity contribution is 0.0683. The van der Waals surface area contributed by atoms with Crippen LogP contribution in [-0.4, -0.2) is 26.0 Å². The fourth-order valence-corrected chi connectivity index (χ4v) is 0.941. The van der Waals surface area contributed by atoms with Crippen molar-refractivity contribution in [3.8, 4) is 11.5 Å². The SMILES string of the molecule is O=C(O)c1nccc(-c2cnco2)n1. The third-order valence-electron chi connectivity index (χ3n) is 1.53. The zero-order chi connectivity index (χ0) is 9.97. The molecule has 0 aliphatic carbocycles. The first-order chi connectivity index (χ1) is 6.77. The van der Waals surface area contributed by atoms with Gasteiger partial charge in [0.05, 0.1) is 6.20 Å². The predicted molar refractivity (Wildman–Crippen MR) is 44.5 cm³/mol. The molecular formula is C8H5N3O3. The minimum Gasteiger partial charge on any atom is -0.475 e. The van der Waals surface area contributed by atoms with Crippen LogP contribution in [0.15, 0.2) is 29.3 Å². The number of hydrogen-bond donors (Lipinski definition) is 1. The number of hydrogen-bond acceptors (Lipinski definition) is 5. The molecule has 70 valence electrons. The van der Waals surface area contributed by atoms with E-state index in [1.165, 1.54) is 18.8 Å². The molecule has 0 atom stereocenters. The summed E-state index contributed by atoms with van der Waals surface area (Å²) in [6.45, 7) is 0. The second-order valence-corrected chi connectivity index (χ2v) is 2.44. The zero-order valence-corrected chi connectivity index (χ0v) is 6.91. The summed E-state index contributed by atoms with van der Waals surface area (Å²) in [4.78, 5) is 21.6. The lowest BCUT2D eigenvalue weighted by atomic mass is 10.3. The van der Waals surface area contributed by atoms with Crippen molar-refractivity contribution >= 4 is 5.97 Å². The number of carboxylic acids is 1. The molecule has 6 nitrogen and oxygen atoms in total. The van der Waals surface area contributed by atoms with Crippen molar-refractivity contribution in [2.75, 3.05) is 0 Å². The van der Waals surface area contributed by atoms with Crippen molar-refractivity contribution in [1.29, 1.82) is 0 Å². The Labute approximate surface area is 78.3 Å². The Morgan fingerprint density at radius 3 is 3.00 bits per heavy atom. The molecule has 0 amide bonds. The van der Waals surface area contributed by atoms with Crippen molar-refractivity contribution in [2.24, 2.45) is 0 Å². The number of oxazole rings is 1. The van der Waals surface area contributed by atoms with E-state index in [9.17, 15) is 4.79 Å². The van der Waals surface area contributed by atoms with E-state index in [1.807, 2.05) is 0 Å². The van der Waals surface area contributed by atoms with Gasteiger partial charge < -0.3 is 9.52 Å². The molecule has 2 rings (SSSR count). The number of rotatable bonds is 2. The maximum atomic E-state index is 10.6. The fourth-order valence-electron chi connectivity index (χ4n) is 0.941. The lowest BCUT2D eigenvalue weighted by Crippen LogP contribution is -2.03. The molecule has 14 heavy (non-hydrogen) atoms. The van der Waals surface area contributed by atoms with E-state index in [1.54, 1.807) is 6.07 Å². The Morgan fingerprint density at radius 1 is 1.50 bits per heavy atom. The van der Waals surface area contributed by atoms with Gasteiger partial charge in [0.1, 0.15) is 5.69 Å². The minimum absolute atomic E-state index is 0.265. The summed E-state index contributed by atoms with van der Waals surface area (Å²) in [5.41, 5.74) is 0.398. The Bertz CT molecular complexity index is 453. The molecule has 0 aromatic carbocycles. The molecule has 0 fully saturated rings. The van der Waals surface area contributed by atoms with Gasteiger partial charge in [-0.05, 0) is 6.07 Å². The highest BCUT2D eigenvalue weighted by Gasteiger charge is 2.09. The maximum Gasteiger partial charge on any atom is 0.373 e. The highest BCUT2D eigenvalue weighted by atomic mass is 16.4. The molecule has 2 aromatic heterocycles. The van der Waals surface area contributed by atoms with Crippen LogP contribution in [0, 0.1) is 0 Å². The van der Waals surface area contributed by atoms with E-state index < -0.39 is 5.97 Å². The van der Waals surface area contributed by atoms with E-state index in [2.05, 4.69) is 15.0 Å². The first-order valence-corrected chi connectivity index (χ1v) is 3.72. The van der Waals surface area contributed by atoms with Gasteiger partial charge >= 0.3 is 5.97 Å². The molecular weight excluding hydrogens is 186 g/mol. The van der Waals surface area contributed by atoms with E-state index in [-0.39, 0.29) is 5.82 Å². The fraction of sp³-hybridized carbons (Fsp3) is 0. The van der Waals surface area contributed by atoms with Gasteiger partial charge in [-0.25, -0.2) is 19.7 Å². The summed E-state index contributed by atoms with van der Waals surface area (Å²) < 4.78 is 4.96. The Balaban J connectivity index is 2.46. The third-order valence-corrected chi connectivity index (χ3v) is 1.53. The summed E-state index contributed by atoms with van der Waals surface area (Å²) >= 11 is 0. The smallest absolute Gasteiger partial charge is 0.373 e. The molecule has 6 heteroatoms. The van der Waals surface area contributed by atoms with Crippen molar-refractivity contribution in [1.82, 2.24) is 15.0 Å². The maximum absolute atomic E-state index is 10.6. The average Bonchev–Trinajstić information content (AvgIpc) is 2.71. The van der Waals surface area contributed by atoms with E-state index in [0.29, 0.717) is 11.5 Å². The molecule has 0 aliphatic heterocycles. The average molecular weight is 191 g/mol. The third kappa shape index (κ3) is 1.45. The van der Waals surface area contributed by atoms with Crippen LogP contribution in [0.5, 0.6) is 0 Å². The van der Waals surface area contributed by atoms with Crippen molar-refractivity contribution < 1.29 is 14.3 Å². The molecule has 2 aromatic rings. The topological polar surface area (TPSA) is 89.1 Å². The molecule has 0 unspecified atom stereocenters. The Hall–Kier alpha value is -2.24. The van der Waals surface area contributed by atoms with Crippen LogP contribution in [0.25, 0.3) is 11.5 Å². The number of carboxylic acid groups (broad SMARTS) is 1. The van der Waals surface area contributed by atoms with Gasteiger partial charge in [0.2, 0.25) is 5.82 Å². The van der Waals surface area contributed by atoms with Gasteiger partial charge in [0.15, 0.2) is 12.2 Å². The summed E-state index contributed by atoms with van der Waals surface area (Å²) in [6, 6.07) is 1.55. The van der Waals surface area contributed by atoms with E-state index >= 15 is 0 Å². The molecule has 0 aliphatic rings. The van der Waals surface area contributed by atoms with Gasteiger partial charge in [0.25, 0.3) is 0 Å². The Kier molecular flexibility index (Phi) is 1.94. The van der Waals surface area contributed by atoms with Gasteiger partial charge in [-0.15, -0.1) is 0 Å². The minimum atomic E-state index is -1.17. The number of aromatic carboxylic acids is 1. The lowest BCUT2D eigenvalue weighted by Gasteiger charge is -1.95. The monoisotopic (exact) mass is 191 g/mol. The summed E-state index contributed by atoms with van der Waals surface area (Å²) in [7, 11) is 0. The van der Waals surface area contributed by atoms with E-state index in [4.69, 9.17) is 9.52 Å². The first-order valence-electron chi connectivity index (χ1n) is 3.72. The van der Waals surface area contributed by atoms with Crippen LogP contribution >= 0.6 is 0 Å². The number of nitrogens with zero attached hydrogens (tertiary/aromatic N) is 3. The van der Waals surface area contributed by atoms with Crippen molar-refractivity contribution in [3.05, 3.63) is 30.7 Å².